The van der Waals surface area contributed by atoms with Crippen molar-refractivity contribution < 1.29 is 14.7 Å². The van der Waals surface area contributed by atoms with Crippen LogP contribution in [-0.2, 0) is 10.3 Å². The third-order valence-corrected chi connectivity index (χ3v) is 5.17. The molecule has 2 aliphatic rings. The first-order valence-corrected chi connectivity index (χ1v) is 9.40. The normalized spacial score (nSPS) is 21.4. The van der Waals surface area contributed by atoms with Gasteiger partial charge in [-0.15, -0.1) is 0 Å². The Morgan fingerprint density at radius 1 is 1.24 bits per heavy atom. The standard InChI is InChI=1S/C19H29N3O3/c1-19(2,3)22-16(13-7-8-13)12-15(20-22)18(25)21-11-5-4-6-14(21)9-10-17(23)24/h12-14H,4-11H2,1-3H3,(H,23,24)/t14-/m1/s1. The molecular formula is C19H29N3O3. The third kappa shape index (κ3) is 4.05. The van der Waals surface area contributed by atoms with Gasteiger partial charge >= 0.3 is 5.97 Å². The smallest absolute Gasteiger partial charge is 0.303 e. The molecule has 1 aliphatic heterocycles. The molecule has 1 aliphatic carbocycles. The first-order chi connectivity index (χ1) is 11.8. The van der Waals surface area contributed by atoms with Gasteiger partial charge in [0.25, 0.3) is 5.91 Å². The number of carbonyl (C=O) groups is 2. The first kappa shape index (κ1) is 18.0. The monoisotopic (exact) mass is 347 g/mol. The van der Waals surface area contributed by atoms with Crippen molar-refractivity contribution in [1.29, 1.82) is 0 Å². The number of hydrogen-bond acceptors (Lipinski definition) is 3. The molecule has 1 N–H and O–H groups in total. The van der Waals surface area contributed by atoms with Crippen molar-refractivity contribution in [2.24, 2.45) is 0 Å². The molecule has 0 bridgehead atoms. The van der Waals surface area contributed by atoms with E-state index in [2.05, 4.69) is 25.9 Å². The van der Waals surface area contributed by atoms with Crippen LogP contribution in [0, 0.1) is 0 Å². The molecule has 1 aromatic rings. The quantitative estimate of drug-likeness (QED) is 0.886. The predicted molar refractivity (Wildman–Crippen MR) is 94.7 cm³/mol. The molecule has 0 unspecified atom stereocenters. The van der Waals surface area contributed by atoms with Crippen molar-refractivity contribution in [3.8, 4) is 0 Å². The fourth-order valence-corrected chi connectivity index (χ4v) is 3.71. The van der Waals surface area contributed by atoms with E-state index in [0.717, 1.165) is 25.0 Å². The van der Waals surface area contributed by atoms with Gasteiger partial charge in [-0.05, 0) is 65.4 Å². The van der Waals surface area contributed by atoms with Gasteiger partial charge in [0, 0.05) is 30.6 Å². The fourth-order valence-electron chi connectivity index (χ4n) is 3.71. The Kier molecular flexibility index (Phi) is 4.89. The zero-order valence-electron chi connectivity index (χ0n) is 15.5. The molecule has 1 aromatic heterocycles. The van der Waals surface area contributed by atoms with E-state index in [1.807, 2.05) is 15.6 Å². The molecule has 1 amide bonds. The van der Waals surface area contributed by atoms with Crippen molar-refractivity contribution in [2.75, 3.05) is 6.54 Å². The molecule has 0 radical (unpaired) electrons. The Morgan fingerprint density at radius 2 is 1.96 bits per heavy atom. The number of hydrogen-bond donors (Lipinski definition) is 1. The number of likely N-dealkylation sites (tertiary alicyclic amines) is 1. The van der Waals surface area contributed by atoms with Crippen LogP contribution in [0.25, 0.3) is 0 Å². The van der Waals surface area contributed by atoms with Crippen LogP contribution in [0.3, 0.4) is 0 Å². The van der Waals surface area contributed by atoms with Crippen molar-refractivity contribution in [3.63, 3.8) is 0 Å². The van der Waals surface area contributed by atoms with Crippen molar-refractivity contribution in [3.05, 3.63) is 17.5 Å². The number of amides is 1. The van der Waals surface area contributed by atoms with Crippen LogP contribution in [0.5, 0.6) is 0 Å². The Bertz CT molecular complexity index is 655. The summed E-state index contributed by atoms with van der Waals surface area (Å²) >= 11 is 0. The van der Waals surface area contributed by atoms with Gasteiger partial charge in [-0.2, -0.15) is 5.10 Å². The molecule has 2 heterocycles. The zero-order chi connectivity index (χ0) is 18.2. The largest absolute Gasteiger partial charge is 0.481 e. The minimum absolute atomic E-state index is 0.0153. The van der Waals surface area contributed by atoms with Crippen molar-refractivity contribution in [2.45, 2.75) is 83.2 Å². The average Bonchev–Trinajstić information content (AvgIpc) is 3.29. The number of rotatable bonds is 5. The molecule has 3 rings (SSSR count). The summed E-state index contributed by atoms with van der Waals surface area (Å²) in [7, 11) is 0. The molecule has 6 heteroatoms. The van der Waals surface area contributed by atoms with Crippen LogP contribution >= 0.6 is 0 Å². The van der Waals surface area contributed by atoms with Crippen LogP contribution in [0.1, 0.15) is 87.8 Å². The van der Waals surface area contributed by atoms with Gasteiger partial charge in [-0.1, -0.05) is 0 Å². The molecule has 25 heavy (non-hydrogen) atoms. The second-order valence-electron chi connectivity index (χ2n) is 8.39. The van der Waals surface area contributed by atoms with E-state index in [1.165, 1.54) is 12.8 Å². The summed E-state index contributed by atoms with van der Waals surface area (Å²) < 4.78 is 2.01. The predicted octanol–water partition coefficient (Wildman–Crippen LogP) is 3.38. The Balaban J connectivity index is 1.82. The Labute approximate surface area is 149 Å². The van der Waals surface area contributed by atoms with Crippen LogP contribution < -0.4 is 0 Å². The number of carboxylic acids is 1. The minimum Gasteiger partial charge on any atom is -0.481 e. The highest BCUT2D eigenvalue weighted by molar-refractivity contribution is 5.92. The molecule has 138 valence electrons. The van der Waals surface area contributed by atoms with Crippen molar-refractivity contribution >= 4 is 11.9 Å². The van der Waals surface area contributed by atoms with E-state index in [0.29, 0.717) is 24.6 Å². The summed E-state index contributed by atoms with van der Waals surface area (Å²) in [5, 5.41) is 13.6. The summed E-state index contributed by atoms with van der Waals surface area (Å²) in [4.78, 5) is 25.9. The summed E-state index contributed by atoms with van der Waals surface area (Å²) in [6.07, 6.45) is 5.88. The molecule has 0 aromatic carbocycles. The Hall–Kier alpha value is -1.85. The number of piperidine rings is 1. The summed E-state index contributed by atoms with van der Waals surface area (Å²) in [5.74, 6) is -0.316. The highest BCUT2D eigenvalue weighted by Crippen LogP contribution is 2.42. The van der Waals surface area contributed by atoms with Crippen LogP contribution in [-0.4, -0.2) is 44.3 Å². The lowest BCUT2D eigenvalue weighted by Crippen LogP contribution is -2.44. The van der Waals surface area contributed by atoms with E-state index >= 15 is 0 Å². The number of nitrogens with zero attached hydrogens (tertiary/aromatic N) is 3. The maximum Gasteiger partial charge on any atom is 0.303 e. The van der Waals surface area contributed by atoms with E-state index < -0.39 is 5.97 Å². The van der Waals surface area contributed by atoms with E-state index in [1.54, 1.807) is 0 Å². The fraction of sp³-hybridized carbons (Fsp3) is 0.737. The van der Waals surface area contributed by atoms with Gasteiger partial charge in [0.05, 0.1) is 5.54 Å². The summed E-state index contributed by atoms with van der Waals surface area (Å²) in [6.45, 7) is 7.02. The molecule has 2 fully saturated rings. The van der Waals surface area contributed by atoms with E-state index in [4.69, 9.17) is 5.11 Å². The molecular weight excluding hydrogens is 318 g/mol. The topological polar surface area (TPSA) is 75.4 Å². The lowest BCUT2D eigenvalue weighted by molar-refractivity contribution is -0.137. The van der Waals surface area contributed by atoms with E-state index in [9.17, 15) is 9.59 Å². The summed E-state index contributed by atoms with van der Waals surface area (Å²) in [5.41, 5.74) is 1.52. The van der Waals surface area contributed by atoms with Crippen LogP contribution in [0.4, 0.5) is 0 Å². The number of aromatic nitrogens is 2. The zero-order valence-corrected chi connectivity index (χ0v) is 15.5. The second-order valence-corrected chi connectivity index (χ2v) is 8.39. The number of carboxylic acid groups (broad SMARTS) is 1. The highest BCUT2D eigenvalue weighted by atomic mass is 16.4. The van der Waals surface area contributed by atoms with Gasteiger partial charge in [0.15, 0.2) is 5.69 Å². The maximum atomic E-state index is 13.1. The maximum absolute atomic E-state index is 13.1. The second kappa shape index (κ2) is 6.81. The average molecular weight is 347 g/mol. The van der Waals surface area contributed by atoms with E-state index in [-0.39, 0.29) is 23.9 Å². The molecule has 0 spiro atoms. The SMILES string of the molecule is CC(C)(C)n1nc(C(=O)N2CCCC[C@@H]2CCC(=O)O)cc1C1CC1. The van der Waals surface area contributed by atoms with Gasteiger partial charge in [-0.3, -0.25) is 14.3 Å². The van der Waals surface area contributed by atoms with Gasteiger partial charge in [-0.25, -0.2) is 0 Å². The number of aliphatic carboxylic acids is 1. The molecule has 1 saturated carbocycles. The van der Waals surface area contributed by atoms with Crippen molar-refractivity contribution in [1.82, 2.24) is 14.7 Å². The molecule has 1 atom stereocenters. The van der Waals surface area contributed by atoms with Crippen LogP contribution in [0.2, 0.25) is 0 Å². The highest BCUT2D eigenvalue weighted by Gasteiger charge is 2.35. The van der Waals surface area contributed by atoms with Gasteiger partial charge in [0.2, 0.25) is 0 Å². The van der Waals surface area contributed by atoms with Gasteiger partial charge in [0.1, 0.15) is 0 Å². The molecule has 6 nitrogen and oxygen atoms in total. The lowest BCUT2D eigenvalue weighted by Gasteiger charge is -2.35. The lowest BCUT2D eigenvalue weighted by atomic mass is 9.97. The molecule has 1 saturated heterocycles. The summed E-state index contributed by atoms with van der Waals surface area (Å²) in [6, 6.07) is 1.98. The third-order valence-electron chi connectivity index (χ3n) is 5.17. The first-order valence-electron chi connectivity index (χ1n) is 9.40. The minimum atomic E-state index is -0.800. The van der Waals surface area contributed by atoms with Crippen LogP contribution in [0.15, 0.2) is 6.07 Å². The number of carbonyl (C=O) groups excluding carboxylic acids is 1. The van der Waals surface area contributed by atoms with Gasteiger partial charge < -0.3 is 10.0 Å². The Morgan fingerprint density at radius 3 is 2.56 bits per heavy atom.